The molecule has 0 radical (unpaired) electrons. The van der Waals surface area contributed by atoms with E-state index in [1.165, 1.54) is 6.07 Å². The van der Waals surface area contributed by atoms with Crippen LogP contribution in [0.5, 0.6) is 11.5 Å². The Labute approximate surface area is 188 Å². The SMILES string of the molecule is C#Cc1cc(OCCCS(=O)(=O)O)c(C#Cc2ccccc2)cc1OCCCS(=O)(=O)O. The highest BCUT2D eigenvalue weighted by Gasteiger charge is 2.12. The maximum Gasteiger partial charge on any atom is 0.264 e. The summed E-state index contributed by atoms with van der Waals surface area (Å²) in [6.07, 6.45) is 5.67. The highest BCUT2D eigenvalue weighted by molar-refractivity contribution is 7.86. The van der Waals surface area contributed by atoms with Gasteiger partial charge >= 0.3 is 0 Å². The van der Waals surface area contributed by atoms with Crippen LogP contribution in [0.1, 0.15) is 29.5 Å². The molecule has 2 aromatic rings. The van der Waals surface area contributed by atoms with Crippen molar-refractivity contribution in [2.75, 3.05) is 24.7 Å². The molecule has 2 N–H and O–H groups in total. The fraction of sp³-hybridized carbons (Fsp3) is 0.273. The maximum atomic E-state index is 10.9. The molecule has 10 heteroatoms. The largest absolute Gasteiger partial charge is 0.492 e. The minimum atomic E-state index is -4.10. The lowest BCUT2D eigenvalue weighted by Crippen LogP contribution is -2.10. The average molecular weight is 479 g/mol. The molecule has 0 heterocycles. The molecule has 8 nitrogen and oxygen atoms in total. The second-order valence-electron chi connectivity index (χ2n) is 6.58. The Hall–Kier alpha value is -3.02. The van der Waals surface area contributed by atoms with Crippen LogP contribution in [0.4, 0.5) is 0 Å². The van der Waals surface area contributed by atoms with Crippen LogP contribution in [-0.2, 0) is 20.2 Å². The Morgan fingerprint density at radius 2 is 1.28 bits per heavy atom. The molecule has 32 heavy (non-hydrogen) atoms. The van der Waals surface area contributed by atoms with Crippen LogP contribution in [0.3, 0.4) is 0 Å². The summed E-state index contributed by atoms with van der Waals surface area (Å²) >= 11 is 0. The molecular weight excluding hydrogens is 456 g/mol. The van der Waals surface area contributed by atoms with Gasteiger partial charge in [-0.15, -0.1) is 6.42 Å². The van der Waals surface area contributed by atoms with E-state index in [-0.39, 0.29) is 31.8 Å². The van der Waals surface area contributed by atoms with Crippen LogP contribution in [0, 0.1) is 24.2 Å². The molecule has 0 bridgehead atoms. The lowest BCUT2D eigenvalue weighted by Gasteiger charge is -2.13. The first kappa shape index (κ1) is 25.2. The topological polar surface area (TPSA) is 127 Å². The summed E-state index contributed by atoms with van der Waals surface area (Å²) in [6, 6.07) is 12.2. The normalized spacial score (nSPS) is 11.2. The van der Waals surface area contributed by atoms with Gasteiger partial charge in [-0.1, -0.05) is 36.0 Å². The first-order chi connectivity index (χ1) is 15.1. The second kappa shape index (κ2) is 11.6. The van der Waals surface area contributed by atoms with E-state index in [1.54, 1.807) is 6.07 Å². The number of terminal acetylenes is 1. The van der Waals surface area contributed by atoms with Crippen molar-refractivity contribution >= 4 is 20.2 Å². The molecule has 0 aliphatic heterocycles. The van der Waals surface area contributed by atoms with Gasteiger partial charge in [0, 0.05) is 17.7 Å². The van der Waals surface area contributed by atoms with E-state index in [2.05, 4.69) is 17.8 Å². The van der Waals surface area contributed by atoms with E-state index >= 15 is 0 Å². The molecule has 2 aromatic carbocycles. The molecule has 0 spiro atoms. The number of rotatable bonds is 10. The van der Waals surface area contributed by atoms with Crippen molar-refractivity contribution in [3.05, 3.63) is 59.2 Å². The van der Waals surface area contributed by atoms with E-state index in [0.717, 1.165) is 5.56 Å². The summed E-state index contributed by atoms with van der Waals surface area (Å²) in [5.41, 5.74) is 1.50. The van der Waals surface area contributed by atoms with Crippen LogP contribution in [0.2, 0.25) is 0 Å². The summed E-state index contributed by atoms with van der Waals surface area (Å²) in [6.45, 7) is -0.00698. The monoisotopic (exact) mass is 478 g/mol. The van der Waals surface area contributed by atoms with Crippen LogP contribution >= 0.6 is 0 Å². The van der Waals surface area contributed by atoms with Gasteiger partial charge in [0.15, 0.2) is 0 Å². The second-order valence-corrected chi connectivity index (χ2v) is 9.73. The first-order valence-corrected chi connectivity index (χ1v) is 12.7. The van der Waals surface area contributed by atoms with Crippen molar-refractivity contribution in [3.8, 4) is 35.7 Å². The molecular formula is C22H22O8S2. The Kier molecular flexibility index (Phi) is 9.12. The van der Waals surface area contributed by atoms with Crippen molar-refractivity contribution < 1.29 is 35.4 Å². The van der Waals surface area contributed by atoms with E-state index in [0.29, 0.717) is 16.9 Å². The minimum absolute atomic E-state index is 0.00161. The van der Waals surface area contributed by atoms with Gasteiger partial charge in [0.25, 0.3) is 20.2 Å². The number of hydrogen-bond donors (Lipinski definition) is 2. The van der Waals surface area contributed by atoms with Gasteiger partial charge in [-0.3, -0.25) is 9.11 Å². The Bertz CT molecular complexity index is 1230. The highest BCUT2D eigenvalue weighted by Crippen LogP contribution is 2.29. The van der Waals surface area contributed by atoms with Gasteiger partial charge in [0.05, 0.1) is 35.8 Å². The lowest BCUT2D eigenvalue weighted by molar-refractivity contribution is 0.306. The lowest BCUT2D eigenvalue weighted by atomic mass is 10.1. The molecule has 0 aromatic heterocycles. The van der Waals surface area contributed by atoms with Crippen molar-refractivity contribution in [1.82, 2.24) is 0 Å². The molecule has 0 saturated heterocycles. The summed E-state index contributed by atoms with van der Waals surface area (Å²) in [4.78, 5) is 0. The van der Waals surface area contributed by atoms with Crippen molar-refractivity contribution in [2.24, 2.45) is 0 Å². The van der Waals surface area contributed by atoms with Crippen molar-refractivity contribution in [2.45, 2.75) is 12.8 Å². The van der Waals surface area contributed by atoms with Crippen LogP contribution in [-0.4, -0.2) is 50.7 Å². The molecule has 0 amide bonds. The molecule has 0 aliphatic rings. The zero-order valence-corrected chi connectivity index (χ0v) is 18.7. The van der Waals surface area contributed by atoms with Crippen LogP contribution in [0.25, 0.3) is 0 Å². The van der Waals surface area contributed by atoms with E-state index < -0.39 is 31.7 Å². The molecule has 170 valence electrons. The fourth-order valence-electron chi connectivity index (χ4n) is 2.52. The Morgan fingerprint density at radius 1 is 0.781 bits per heavy atom. The fourth-order valence-corrected chi connectivity index (χ4v) is 3.48. The molecule has 2 rings (SSSR count). The number of benzene rings is 2. The van der Waals surface area contributed by atoms with Gasteiger partial charge in [0.2, 0.25) is 0 Å². The summed E-state index contributed by atoms with van der Waals surface area (Å²) in [7, 11) is -8.19. The van der Waals surface area contributed by atoms with Crippen LogP contribution in [0.15, 0.2) is 42.5 Å². The molecule has 0 unspecified atom stereocenters. The summed E-state index contributed by atoms with van der Waals surface area (Å²) in [5.74, 6) is 8.09. The highest BCUT2D eigenvalue weighted by atomic mass is 32.2. The Morgan fingerprint density at radius 3 is 1.78 bits per heavy atom. The minimum Gasteiger partial charge on any atom is -0.492 e. The average Bonchev–Trinajstić information content (AvgIpc) is 2.72. The number of ether oxygens (including phenoxy) is 2. The quantitative estimate of drug-likeness (QED) is 0.303. The molecule has 0 fully saturated rings. The van der Waals surface area contributed by atoms with Gasteiger partial charge in [-0.2, -0.15) is 16.8 Å². The molecule has 0 atom stereocenters. The van der Waals surface area contributed by atoms with E-state index in [9.17, 15) is 16.8 Å². The zero-order valence-electron chi connectivity index (χ0n) is 17.0. The van der Waals surface area contributed by atoms with E-state index in [1.807, 2.05) is 30.3 Å². The first-order valence-electron chi connectivity index (χ1n) is 9.45. The predicted octanol–water partition coefficient (Wildman–Crippen LogP) is 2.38. The molecule has 0 saturated carbocycles. The van der Waals surface area contributed by atoms with Crippen LogP contribution < -0.4 is 9.47 Å². The van der Waals surface area contributed by atoms with E-state index in [4.69, 9.17) is 25.0 Å². The Balaban J connectivity index is 2.27. The van der Waals surface area contributed by atoms with Gasteiger partial charge in [0.1, 0.15) is 11.5 Å². The smallest absolute Gasteiger partial charge is 0.264 e. The number of hydrogen-bond acceptors (Lipinski definition) is 6. The van der Waals surface area contributed by atoms with Crippen molar-refractivity contribution in [3.63, 3.8) is 0 Å². The van der Waals surface area contributed by atoms with Gasteiger partial charge < -0.3 is 9.47 Å². The third-order valence-electron chi connectivity index (χ3n) is 3.96. The predicted molar refractivity (Wildman–Crippen MR) is 120 cm³/mol. The van der Waals surface area contributed by atoms with Crippen molar-refractivity contribution in [1.29, 1.82) is 0 Å². The third-order valence-corrected chi connectivity index (χ3v) is 5.57. The van der Waals surface area contributed by atoms with Gasteiger partial charge in [-0.05, 0) is 25.0 Å². The maximum absolute atomic E-state index is 10.9. The standard InChI is InChI=1S/C22H22O8S2/c1-2-19-16-22(30-13-7-15-32(26,27)28)20(11-10-18-8-4-3-5-9-18)17-21(19)29-12-6-14-31(23,24)25/h1,3-5,8-9,16-17H,6-7,12-15H2,(H,23,24,25)(H,26,27,28). The summed E-state index contributed by atoms with van der Waals surface area (Å²) in [5, 5.41) is 0. The summed E-state index contributed by atoms with van der Waals surface area (Å²) < 4.78 is 72.4. The third kappa shape index (κ3) is 9.41. The zero-order chi connectivity index (χ0) is 23.6. The van der Waals surface area contributed by atoms with Gasteiger partial charge in [-0.25, -0.2) is 0 Å². The molecule has 0 aliphatic carbocycles.